The van der Waals surface area contributed by atoms with Crippen molar-refractivity contribution in [1.29, 1.82) is 0 Å². The van der Waals surface area contributed by atoms with Gasteiger partial charge in [0, 0.05) is 6.08 Å². The summed E-state index contributed by atoms with van der Waals surface area (Å²) in [6, 6.07) is 10.8. The topological polar surface area (TPSA) is 67.8 Å². The Morgan fingerprint density at radius 3 is 2.86 bits per heavy atom. The van der Waals surface area contributed by atoms with Crippen molar-refractivity contribution in [2.24, 2.45) is 0 Å². The lowest BCUT2D eigenvalue weighted by Crippen LogP contribution is -2.29. The van der Waals surface area contributed by atoms with Crippen LogP contribution >= 0.6 is 23.8 Å². The van der Waals surface area contributed by atoms with Crippen LogP contribution in [0.2, 0.25) is 5.02 Å². The predicted molar refractivity (Wildman–Crippen MR) is 107 cm³/mol. The quantitative estimate of drug-likeness (QED) is 0.457. The first kappa shape index (κ1) is 19.2. The van der Waals surface area contributed by atoms with E-state index in [-0.39, 0.29) is 24.1 Å². The van der Waals surface area contributed by atoms with Crippen molar-refractivity contribution >= 4 is 40.9 Å². The molecule has 3 heterocycles. The molecule has 0 atom stereocenters. The number of nitrogens with zero attached hydrogens (tertiary/aromatic N) is 1. The van der Waals surface area contributed by atoms with E-state index in [2.05, 4.69) is 5.32 Å². The molecule has 3 aromatic rings. The second kappa shape index (κ2) is 8.10. The lowest BCUT2D eigenvalue weighted by molar-refractivity contribution is -0.122. The zero-order chi connectivity index (χ0) is 20.4. The molecule has 1 amide bonds. The highest BCUT2D eigenvalue weighted by Crippen LogP contribution is 2.26. The number of carbonyl (C=O) groups excluding carboxylic acids is 1. The Balaban J connectivity index is 1.42. The first-order chi connectivity index (χ1) is 14.0. The Morgan fingerprint density at radius 2 is 2.10 bits per heavy atom. The molecule has 0 saturated carbocycles. The normalized spacial score (nSPS) is 15.2. The van der Waals surface area contributed by atoms with Gasteiger partial charge in [0.25, 0.3) is 5.91 Å². The first-order valence-electron chi connectivity index (χ1n) is 8.53. The maximum atomic E-state index is 13.1. The molecule has 0 bridgehead atoms. The maximum absolute atomic E-state index is 13.1. The minimum atomic E-state index is -0.443. The first-order valence-corrected chi connectivity index (χ1v) is 9.32. The second-order valence-electron chi connectivity index (χ2n) is 6.13. The van der Waals surface area contributed by atoms with E-state index in [9.17, 15) is 9.18 Å². The maximum Gasteiger partial charge on any atom is 0.277 e. The van der Waals surface area contributed by atoms with Gasteiger partial charge < -0.3 is 18.9 Å². The Hall–Kier alpha value is -3.10. The molecule has 29 heavy (non-hydrogen) atoms. The fourth-order valence-corrected chi connectivity index (χ4v) is 3.19. The number of hydrogen-bond donors (Lipinski definition) is 1. The van der Waals surface area contributed by atoms with Crippen LogP contribution in [0, 0.1) is 5.82 Å². The van der Waals surface area contributed by atoms with Gasteiger partial charge in [0.05, 0.1) is 17.8 Å². The molecule has 0 radical (unpaired) electrons. The summed E-state index contributed by atoms with van der Waals surface area (Å²) in [4.78, 5) is 14.0. The minimum absolute atomic E-state index is 0.0962. The van der Waals surface area contributed by atoms with Crippen molar-refractivity contribution in [3.63, 3.8) is 0 Å². The van der Waals surface area contributed by atoms with Crippen LogP contribution in [-0.4, -0.2) is 15.9 Å². The van der Waals surface area contributed by atoms with Crippen LogP contribution in [-0.2, 0) is 17.9 Å². The van der Waals surface area contributed by atoms with Crippen molar-refractivity contribution < 1.29 is 22.8 Å². The molecule has 0 aliphatic carbocycles. The fraction of sp³-hybridized carbons (Fsp3) is 0.100. The van der Waals surface area contributed by atoms with Crippen LogP contribution in [0.5, 0.6) is 5.75 Å². The molecule has 0 unspecified atom stereocenters. The molecule has 1 fully saturated rings. The highest BCUT2D eigenvalue weighted by atomic mass is 35.5. The minimum Gasteiger partial charge on any atom is -0.484 e. The van der Waals surface area contributed by atoms with Gasteiger partial charge in [-0.05, 0) is 54.7 Å². The van der Waals surface area contributed by atoms with Crippen molar-refractivity contribution in [2.45, 2.75) is 13.2 Å². The highest BCUT2D eigenvalue weighted by molar-refractivity contribution is 7.80. The largest absolute Gasteiger partial charge is 0.484 e. The summed E-state index contributed by atoms with van der Waals surface area (Å²) in [7, 11) is 0. The van der Waals surface area contributed by atoms with Gasteiger partial charge in [-0.3, -0.25) is 9.69 Å². The number of halogens is 2. The van der Waals surface area contributed by atoms with Gasteiger partial charge in [0.2, 0.25) is 0 Å². The van der Waals surface area contributed by atoms with Crippen LogP contribution in [0.4, 0.5) is 4.39 Å². The van der Waals surface area contributed by atoms with Crippen LogP contribution in [0.15, 0.2) is 63.3 Å². The van der Waals surface area contributed by atoms with Gasteiger partial charge in [-0.15, -0.1) is 0 Å². The van der Waals surface area contributed by atoms with Gasteiger partial charge in [-0.25, -0.2) is 4.39 Å². The SMILES string of the molecule is O=C1/C(=C\c2ccc(COc3ccc(F)cc3Cl)o2)NC(=S)N1Cc1ccco1. The zero-order valence-corrected chi connectivity index (χ0v) is 16.4. The van der Waals surface area contributed by atoms with Crippen LogP contribution < -0.4 is 10.1 Å². The Kier molecular flexibility index (Phi) is 5.37. The van der Waals surface area contributed by atoms with Crippen molar-refractivity contribution in [2.75, 3.05) is 0 Å². The van der Waals surface area contributed by atoms with Crippen molar-refractivity contribution in [3.8, 4) is 5.75 Å². The third kappa shape index (κ3) is 4.33. The molecular weight excluding hydrogens is 419 g/mol. The van der Waals surface area contributed by atoms with E-state index in [0.717, 1.165) is 0 Å². The van der Waals surface area contributed by atoms with Gasteiger partial charge >= 0.3 is 0 Å². The van der Waals surface area contributed by atoms with Gasteiger partial charge in [-0.1, -0.05) is 11.6 Å². The van der Waals surface area contributed by atoms with Crippen molar-refractivity contribution in [1.82, 2.24) is 10.2 Å². The van der Waals surface area contributed by atoms with Gasteiger partial charge in [0.15, 0.2) is 5.11 Å². The summed E-state index contributed by atoms with van der Waals surface area (Å²) in [5, 5.41) is 3.34. The fourth-order valence-electron chi connectivity index (χ4n) is 2.71. The Morgan fingerprint density at radius 1 is 1.24 bits per heavy atom. The average molecular weight is 433 g/mol. The summed E-state index contributed by atoms with van der Waals surface area (Å²) < 4.78 is 29.6. The number of hydrogen-bond acceptors (Lipinski definition) is 5. The van der Waals surface area contributed by atoms with Gasteiger partial charge in [-0.2, -0.15) is 0 Å². The van der Waals surface area contributed by atoms with E-state index < -0.39 is 5.82 Å². The number of carbonyl (C=O) groups is 1. The number of furan rings is 2. The number of rotatable bonds is 6. The van der Waals surface area contributed by atoms with Crippen molar-refractivity contribution in [3.05, 3.63) is 82.5 Å². The molecule has 6 nitrogen and oxygen atoms in total. The summed E-state index contributed by atoms with van der Waals surface area (Å²) >= 11 is 11.2. The van der Waals surface area contributed by atoms with Crippen LogP contribution in [0.3, 0.4) is 0 Å². The Labute approximate surface area is 175 Å². The number of thiocarbonyl (C=S) groups is 1. The van der Waals surface area contributed by atoms with E-state index >= 15 is 0 Å². The number of amides is 1. The summed E-state index contributed by atoms with van der Waals surface area (Å²) in [6.07, 6.45) is 3.10. The lowest BCUT2D eigenvalue weighted by atomic mass is 10.3. The second-order valence-corrected chi connectivity index (χ2v) is 6.92. The molecule has 1 saturated heterocycles. The third-order valence-corrected chi connectivity index (χ3v) is 4.71. The number of benzene rings is 1. The van der Waals surface area contributed by atoms with E-state index in [1.165, 1.54) is 29.4 Å². The average Bonchev–Trinajstić information content (AvgIpc) is 3.40. The van der Waals surface area contributed by atoms with Crippen LogP contribution in [0.25, 0.3) is 6.08 Å². The van der Waals surface area contributed by atoms with E-state index in [0.29, 0.717) is 33.8 Å². The molecule has 4 rings (SSSR count). The predicted octanol–water partition coefficient (Wildman–Crippen LogP) is 4.50. The molecule has 1 aliphatic heterocycles. The Bertz CT molecular complexity index is 1090. The lowest BCUT2D eigenvalue weighted by Gasteiger charge is -2.11. The zero-order valence-electron chi connectivity index (χ0n) is 14.9. The molecular formula is C20H14ClFN2O4S. The summed E-state index contributed by atoms with van der Waals surface area (Å²) in [5.74, 6) is 1.21. The monoisotopic (exact) mass is 432 g/mol. The summed E-state index contributed by atoms with van der Waals surface area (Å²) in [5.41, 5.74) is 0.296. The van der Waals surface area contributed by atoms with E-state index in [1.807, 2.05) is 0 Å². The van der Waals surface area contributed by atoms with E-state index in [1.54, 1.807) is 30.3 Å². The standard InChI is InChI=1S/C20H14ClFN2O4S/c21-16-8-12(22)3-6-18(16)27-11-15-5-4-13(28-15)9-17-19(25)24(20(29)23-17)10-14-2-1-7-26-14/h1-9H,10-11H2,(H,23,29)/b17-9+. The molecule has 2 aromatic heterocycles. The van der Waals surface area contributed by atoms with Crippen LogP contribution in [0.1, 0.15) is 17.3 Å². The third-order valence-electron chi connectivity index (χ3n) is 4.09. The molecule has 1 N–H and O–H groups in total. The number of nitrogens with one attached hydrogen (secondary N) is 1. The molecule has 9 heteroatoms. The summed E-state index contributed by atoms with van der Waals surface area (Å²) in [6.45, 7) is 0.337. The van der Waals surface area contributed by atoms with Gasteiger partial charge in [0.1, 0.15) is 41.2 Å². The molecule has 1 aliphatic rings. The highest BCUT2D eigenvalue weighted by Gasteiger charge is 2.31. The molecule has 0 spiro atoms. The smallest absolute Gasteiger partial charge is 0.277 e. The molecule has 1 aromatic carbocycles. The number of ether oxygens (including phenoxy) is 1. The molecule has 148 valence electrons. The van der Waals surface area contributed by atoms with E-state index in [4.69, 9.17) is 37.4 Å².